The molecule has 2 heterocycles. The fourth-order valence-electron chi connectivity index (χ4n) is 1.09. The molecular formula is C7H6N2O2S. The molecule has 0 saturated carbocycles. The highest BCUT2D eigenvalue weighted by Crippen LogP contribution is 2.23. The molecule has 0 aliphatic heterocycles. The highest BCUT2D eigenvalue weighted by molar-refractivity contribution is 7.16. The number of hydrogen-bond acceptors (Lipinski definition) is 4. The van der Waals surface area contributed by atoms with Gasteiger partial charge in [0, 0.05) is 12.3 Å². The normalized spacial score (nSPS) is 10.8. The Kier molecular flexibility index (Phi) is 1.41. The fourth-order valence-corrected chi connectivity index (χ4v) is 1.85. The van der Waals surface area contributed by atoms with Crippen molar-refractivity contribution in [3.8, 4) is 0 Å². The molecule has 2 aromatic heterocycles. The number of hydrogen-bond donors (Lipinski definition) is 1. The first-order valence-corrected chi connectivity index (χ1v) is 4.24. The molecule has 1 N–H and O–H groups in total. The van der Waals surface area contributed by atoms with E-state index in [-0.39, 0.29) is 5.78 Å². The summed E-state index contributed by atoms with van der Waals surface area (Å²) in [5.41, 5.74) is 0.328. The van der Waals surface area contributed by atoms with E-state index in [1.807, 2.05) is 5.38 Å². The monoisotopic (exact) mass is 182 g/mol. The Bertz CT molecular complexity index is 443. The zero-order valence-corrected chi connectivity index (χ0v) is 7.13. The topological polar surface area (TPSA) is 55.1 Å². The van der Waals surface area contributed by atoms with Gasteiger partial charge in [0.05, 0.1) is 0 Å². The fraction of sp³-hybridized carbons (Fsp3) is 0.143. The predicted octanol–water partition coefficient (Wildman–Crippen LogP) is 1.54. The first kappa shape index (κ1) is 7.30. The summed E-state index contributed by atoms with van der Waals surface area (Å²) in [5.74, 6) is -0.133. The third-order valence-electron chi connectivity index (χ3n) is 1.61. The van der Waals surface area contributed by atoms with Gasteiger partial charge in [0.2, 0.25) is 0 Å². The second kappa shape index (κ2) is 2.31. The third-order valence-corrected chi connectivity index (χ3v) is 2.49. The molecule has 0 atom stereocenters. The van der Waals surface area contributed by atoms with Gasteiger partial charge in [0.1, 0.15) is 5.69 Å². The number of carbonyl (C=O) groups is 1. The minimum Gasteiger partial charge on any atom is -0.411 e. The molecule has 12 heavy (non-hydrogen) atoms. The number of rotatable bonds is 1. The molecule has 5 heteroatoms. The van der Waals surface area contributed by atoms with Gasteiger partial charge in [-0.15, -0.1) is 16.4 Å². The lowest BCUT2D eigenvalue weighted by Gasteiger charge is -1.85. The number of ketones is 1. The summed E-state index contributed by atoms with van der Waals surface area (Å²) >= 11 is 1.35. The first-order valence-electron chi connectivity index (χ1n) is 3.36. The summed E-state index contributed by atoms with van der Waals surface area (Å²) in [6.07, 6.45) is 0. The number of nitrogens with zero attached hydrogens (tertiary/aromatic N) is 2. The summed E-state index contributed by atoms with van der Waals surface area (Å²) < 4.78 is 0. The zero-order chi connectivity index (χ0) is 8.72. The Hall–Kier alpha value is -1.36. The molecule has 0 aliphatic rings. The van der Waals surface area contributed by atoms with E-state index in [9.17, 15) is 10.0 Å². The van der Waals surface area contributed by atoms with Crippen LogP contribution in [0.5, 0.6) is 0 Å². The first-order chi connectivity index (χ1) is 5.70. The van der Waals surface area contributed by atoms with Crippen molar-refractivity contribution in [3.05, 3.63) is 17.1 Å². The van der Waals surface area contributed by atoms with Crippen molar-refractivity contribution >= 4 is 27.3 Å². The smallest absolute Gasteiger partial charge is 0.180 e. The maximum absolute atomic E-state index is 11.0. The lowest BCUT2D eigenvalue weighted by molar-refractivity contribution is 0.0998. The minimum atomic E-state index is -0.133. The van der Waals surface area contributed by atoms with Gasteiger partial charge in [-0.05, 0) is 11.4 Å². The average Bonchev–Trinajstić information content (AvgIpc) is 2.53. The molecule has 0 unspecified atom stereocenters. The second-order valence-electron chi connectivity index (χ2n) is 2.43. The second-order valence-corrected chi connectivity index (χ2v) is 3.33. The van der Waals surface area contributed by atoms with Crippen LogP contribution in [0.3, 0.4) is 0 Å². The summed E-state index contributed by atoms with van der Waals surface area (Å²) in [6, 6.07) is 1.77. The summed E-state index contributed by atoms with van der Waals surface area (Å²) in [4.78, 5) is 12.3. The summed E-state index contributed by atoms with van der Waals surface area (Å²) in [5, 5.41) is 15.4. The summed E-state index contributed by atoms with van der Waals surface area (Å²) in [7, 11) is 0. The van der Waals surface area contributed by atoms with E-state index >= 15 is 0 Å². The van der Waals surface area contributed by atoms with Crippen LogP contribution in [0.4, 0.5) is 0 Å². The van der Waals surface area contributed by atoms with Crippen LogP contribution in [0.2, 0.25) is 0 Å². The largest absolute Gasteiger partial charge is 0.411 e. The van der Waals surface area contributed by atoms with Gasteiger partial charge >= 0.3 is 0 Å². The highest BCUT2D eigenvalue weighted by atomic mass is 32.1. The molecule has 62 valence electrons. The van der Waals surface area contributed by atoms with Crippen molar-refractivity contribution < 1.29 is 10.0 Å². The van der Waals surface area contributed by atoms with E-state index in [2.05, 4.69) is 5.10 Å². The van der Waals surface area contributed by atoms with Crippen LogP contribution in [-0.4, -0.2) is 20.9 Å². The highest BCUT2D eigenvalue weighted by Gasteiger charge is 2.13. The van der Waals surface area contributed by atoms with Crippen LogP contribution in [0, 0.1) is 0 Å². The minimum absolute atomic E-state index is 0.133. The molecular weight excluding hydrogens is 176 g/mol. The van der Waals surface area contributed by atoms with E-state index in [0.29, 0.717) is 10.5 Å². The van der Waals surface area contributed by atoms with Crippen molar-refractivity contribution in [2.24, 2.45) is 0 Å². The standard InChI is InChI=1S/C7H6N2O2S/c1-4(10)6-5-2-3-12-7(5)9(11)8-6/h2-3,11H,1H3. The number of carbonyl (C=O) groups excluding carboxylic acids is 1. The lowest BCUT2D eigenvalue weighted by Crippen LogP contribution is -1.97. The molecule has 0 saturated heterocycles. The average molecular weight is 182 g/mol. The Morgan fingerprint density at radius 3 is 3.17 bits per heavy atom. The Morgan fingerprint density at radius 1 is 1.75 bits per heavy atom. The van der Waals surface area contributed by atoms with Crippen molar-refractivity contribution in [3.63, 3.8) is 0 Å². The molecule has 2 aromatic rings. The third kappa shape index (κ3) is 0.831. The number of Topliss-reactive ketones (excluding diaryl/α,β-unsaturated/α-hetero) is 1. The van der Waals surface area contributed by atoms with Crippen molar-refractivity contribution in [2.45, 2.75) is 6.92 Å². The van der Waals surface area contributed by atoms with E-state index in [0.717, 1.165) is 10.2 Å². The van der Waals surface area contributed by atoms with E-state index < -0.39 is 0 Å². The van der Waals surface area contributed by atoms with Gasteiger partial charge < -0.3 is 5.21 Å². The van der Waals surface area contributed by atoms with E-state index in [1.165, 1.54) is 18.3 Å². The van der Waals surface area contributed by atoms with Crippen LogP contribution >= 0.6 is 11.3 Å². The van der Waals surface area contributed by atoms with E-state index in [4.69, 9.17) is 0 Å². The molecule has 0 bridgehead atoms. The number of aromatic nitrogens is 2. The van der Waals surface area contributed by atoms with Gasteiger partial charge in [0.25, 0.3) is 0 Å². The van der Waals surface area contributed by atoms with Crippen LogP contribution in [0.15, 0.2) is 11.4 Å². The molecule has 4 nitrogen and oxygen atoms in total. The quantitative estimate of drug-likeness (QED) is 0.537. The SMILES string of the molecule is CC(=O)c1nn(O)c2sccc12. The Labute approximate surface area is 72.0 Å². The molecule has 0 aromatic carbocycles. The summed E-state index contributed by atoms with van der Waals surface area (Å²) in [6.45, 7) is 1.43. The molecule has 0 spiro atoms. The van der Waals surface area contributed by atoms with Crippen LogP contribution in [0.25, 0.3) is 10.2 Å². The van der Waals surface area contributed by atoms with Crippen LogP contribution in [0.1, 0.15) is 17.4 Å². The van der Waals surface area contributed by atoms with Gasteiger partial charge in [-0.25, -0.2) is 0 Å². The van der Waals surface area contributed by atoms with Gasteiger partial charge in [0.15, 0.2) is 10.6 Å². The van der Waals surface area contributed by atoms with Gasteiger partial charge in [-0.3, -0.25) is 4.79 Å². The van der Waals surface area contributed by atoms with Crippen LogP contribution in [-0.2, 0) is 0 Å². The predicted molar refractivity (Wildman–Crippen MR) is 44.8 cm³/mol. The Morgan fingerprint density at radius 2 is 2.50 bits per heavy atom. The molecule has 2 rings (SSSR count). The van der Waals surface area contributed by atoms with E-state index in [1.54, 1.807) is 6.07 Å². The molecule has 0 aliphatic carbocycles. The maximum atomic E-state index is 11.0. The van der Waals surface area contributed by atoms with Crippen molar-refractivity contribution in [2.75, 3.05) is 0 Å². The number of thiophene rings is 1. The molecule has 0 fully saturated rings. The lowest BCUT2D eigenvalue weighted by atomic mass is 10.2. The van der Waals surface area contributed by atoms with Crippen molar-refractivity contribution in [1.82, 2.24) is 9.94 Å². The zero-order valence-electron chi connectivity index (χ0n) is 6.31. The Balaban J connectivity index is 2.83. The van der Waals surface area contributed by atoms with Crippen molar-refractivity contribution in [1.29, 1.82) is 0 Å². The molecule has 0 amide bonds. The van der Waals surface area contributed by atoms with Gasteiger partial charge in [-0.1, -0.05) is 4.85 Å². The van der Waals surface area contributed by atoms with Gasteiger partial charge in [-0.2, -0.15) is 0 Å². The maximum Gasteiger partial charge on any atom is 0.180 e. The molecule has 0 radical (unpaired) electrons. The van der Waals surface area contributed by atoms with Crippen LogP contribution < -0.4 is 0 Å². The number of fused-ring (bicyclic) bond motifs is 1.